The largest absolute Gasteiger partial charge is 0.396 e. The molecule has 0 aromatic rings. The fourth-order valence-corrected chi connectivity index (χ4v) is 0.508. The number of rotatable bonds is 4. The van der Waals surface area contributed by atoms with Gasteiger partial charge in [0, 0.05) is 32.5 Å². The molecule has 0 heterocycles. The normalized spacial score (nSPS) is 8.50. The Labute approximate surface area is 96.7 Å². The first-order valence-corrected chi connectivity index (χ1v) is 4.59. The fraction of sp³-hybridized carbons (Fsp3) is 0.900. The zero-order valence-electron chi connectivity index (χ0n) is 8.84. The average molecular weight is 204 g/mol. The second kappa shape index (κ2) is 17.8. The van der Waals surface area contributed by atoms with Crippen molar-refractivity contribution in [2.75, 3.05) is 6.61 Å². The molecule has 1 N–H and O–H groups in total. The van der Waals surface area contributed by atoms with Gasteiger partial charge < -0.3 is 12.0 Å². The van der Waals surface area contributed by atoms with Gasteiger partial charge in [-0.25, -0.2) is 0 Å². The third-order valence-electron chi connectivity index (χ3n) is 1.31. The van der Waals surface area contributed by atoms with E-state index in [9.17, 15) is 0 Å². The quantitative estimate of drug-likeness (QED) is 0.698. The molecule has 0 aliphatic carbocycles. The molecule has 0 amide bonds. The minimum absolute atomic E-state index is 0. The molecule has 0 fully saturated rings. The van der Waals surface area contributed by atoms with E-state index in [1.165, 1.54) is 12.8 Å². The molecule has 0 spiro atoms. The van der Waals surface area contributed by atoms with Crippen molar-refractivity contribution in [3.63, 3.8) is 0 Å². The van der Waals surface area contributed by atoms with Crippen LogP contribution >= 0.6 is 0 Å². The molecule has 2 heteroatoms. The predicted molar refractivity (Wildman–Crippen MR) is 51.4 cm³/mol. The fourth-order valence-electron chi connectivity index (χ4n) is 0.508. The van der Waals surface area contributed by atoms with Crippen LogP contribution in [0, 0.1) is 12.8 Å². The number of unbranched alkanes of at least 4 members (excludes halogenated alkanes) is 2. The summed E-state index contributed by atoms with van der Waals surface area (Å²) in [5.74, 6) is 0.648. The number of aliphatic hydroxyl groups excluding tert-OH is 1. The van der Waals surface area contributed by atoms with E-state index < -0.39 is 0 Å². The molecular formula is C10H23OSc-. The van der Waals surface area contributed by atoms with Crippen LogP contribution in [0.25, 0.3) is 0 Å². The van der Waals surface area contributed by atoms with E-state index in [1.807, 2.05) is 0 Å². The van der Waals surface area contributed by atoms with Crippen molar-refractivity contribution in [1.82, 2.24) is 0 Å². The zero-order chi connectivity index (χ0) is 9.11. The van der Waals surface area contributed by atoms with E-state index in [1.54, 1.807) is 0 Å². The van der Waals surface area contributed by atoms with Gasteiger partial charge in [-0.1, -0.05) is 33.6 Å². The molecule has 0 rings (SSSR count). The van der Waals surface area contributed by atoms with Crippen LogP contribution < -0.4 is 0 Å². The maximum absolute atomic E-state index is 8.24. The second-order valence-electron chi connectivity index (χ2n) is 3.11. The summed E-state index contributed by atoms with van der Waals surface area (Å²) in [7, 11) is 0. The summed E-state index contributed by atoms with van der Waals surface area (Å²) in [5.41, 5.74) is 0. The van der Waals surface area contributed by atoms with Crippen LogP contribution in [0.1, 0.15) is 46.5 Å². The molecule has 12 heavy (non-hydrogen) atoms. The van der Waals surface area contributed by atoms with Crippen LogP contribution in [0.4, 0.5) is 0 Å². The van der Waals surface area contributed by atoms with Crippen molar-refractivity contribution in [3.05, 3.63) is 6.92 Å². The monoisotopic (exact) mass is 204 g/mol. The van der Waals surface area contributed by atoms with Gasteiger partial charge in [0.2, 0.25) is 0 Å². The van der Waals surface area contributed by atoms with Crippen molar-refractivity contribution in [2.24, 2.45) is 5.92 Å². The maximum atomic E-state index is 8.24. The Morgan fingerprint density at radius 2 is 1.83 bits per heavy atom. The van der Waals surface area contributed by atoms with E-state index >= 15 is 0 Å². The average Bonchev–Trinajstić information content (AvgIpc) is 1.90. The Balaban J connectivity index is -0.000000126. The molecule has 0 aliphatic rings. The van der Waals surface area contributed by atoms with Crippen LogP contribution in [0.2, 0.25) is 0 Å². The van der Waals surface area contributed by atoms with E-state index in [2.05, 4.69) is 27.7 Å². The van der Waals surface area contributed by atoms with Gasteiger partial charge in [-0.05, 0) is 12.3 Å². The molecule has 1 radical (unpaired) electrons. The predicted octanol–water partition coefficient (Wildman–Crippen LogP) is 3.03. The third kappa shape index (κ3) is 30.8. The smallest absolute Gasteiger partial charge is 0.0433 e. The van der Waals surface area contributed by atoms with Gasteiger partial charge in [-0.3, -0.25) is 0 Å². The Morgan fingerprint density at radius 3 is 1.83 bits per heavy atom. The summed E-state index contributed by atoms with van der Waals surface area (Å²) in [6.07, 6.45) is 4.58. The number of hydrogen-bond donors (Lipinski definition) is 1. The second-order valence-corrected chi connectivity index (χ2v) is 3.11. The molecule has 0 bridgehead atoms. The van der Waals surface area contributed by atoms with Gasteiger partial charge in [0.1, 0.15) is 0 Å². The molecule has 0 atom stereocenters. The zero-order valence-corrected chi connectivity index (χ0v) is 10.6. The molecule has 0 aromatic carbocycles. The van der Waals surface area contributed by atoms with Gasteiger partial charge >= 0.3 is 0 Å². The van der Waals surface area contributed by atoms with Gasteiger partial charge in [0.25, 0.3) is 0 Å². The molecule has 0 saturated carbocycles. The molecule has 0 aromatic heterocycles. The van der Waals surface area contributed by atoms with E-state index in [-0.39, 0.29) is 25.8 Å². The van der Waals surface area contributed by atoms with Crippen molar-refractivity contribution in [3.8, 4) is 0 Å². The summed E-state index contributed by atoms with van der Waals surface area (Å²) in [6.45, 7) is 10.4. The Bertz CT molecular complexity index is 53.8. The van der Waals surface area contributed by atoms with Crippen LogP contribution in [0.3, 0.4) is 0 Å². The Morgan fingerprint density at radius 1 is 1.33 bits per heavy atom. The van der Waals surface area contributed by atoms with Gasteiger partial charge in [-0.2, -0.15) is 6.42 Å². The van der Waals surface area contributed by atoms with Crippen LogP contribution in [0.15, 0.2) is 0 Å². The van der Waals surface area contributed by atoms with Crippen molar-refractivity contribution in [2.45, 2.75) is 46.5 Å². The summed E-state index contributed by atoms with van der Waals surface area (Å²) in [4.78, 5) is 0. The molecule has 1 nitrogen and oxygen atoms in total. The maximum Gasteiger partial charge on any atom is 0.0433 e. The van der Waals surface area contributed by atoms with Crippen LogP contribution in [-0.4, -0.2) is 11.7 Å². The Hall–Kier alpha value is 0.830. The summed E-state index contributed by atoms with van der Waals surface area (Å²) in [6, 6.07) is 0. The first-order chi connectivity index (χ1) is 5.18. The molecule has 73 valence electrons. The molecule has 0 unspecified atom stereocenters. The minimum Gasteiger partial charge on any atom is -0.396 e. The van der Waals surface area contributed by atoms with Gasteiger partial charge in [0.05, 0.1) is 0 Å². The summed E-state index contributed by atoms with van der Waals surface area (Å²) >= 11 is 0. The van der Waals surface area contributed by atoms with E-state index in [0.29, 0.717) is 12.5 Å². The summed E-state index contributed by atoms with van der Waals surface area (Å²) in [5, 5.41) is 8.24. The van der Waals surface area contributed by atoms with Crippen molar-refractivity contribution < 1.29 is 30.9 Å². The molecular weight excluding hydrogens is 181 g/mol. The first-order valence-electron chi connectivity index (χ1n) is 4.59. The van der Waals surface area contributed by atoms with Gasteiger partial charge in [-0.15, -0.1) is 0 Å². The minimum atomic E-state index is 0. The molecule has 0 aliphatic heterocycles. The standard InChI is InChI=1S/C5H12O.C5H11.Sc/c1-5(2)3-4-6;1-3-5-4-2;/h5-6H,3-4H2,1-2H3;1,3-5H2,2H3;/q;-1;. The first kappa shape index (κ1) is 18.6. The number of hydrogen-bond acceptors (Lipinski definition) is 1. The van der Waals surface area contributed by atoms with Gasteiger partial charge in [0.15, 0.2) is 0 Å². The van der Waals surface area contributed by atoms with E-state index in [0.717, 1.165) is 12.8 Å². The SMILES string of the molecule is CC(C)CCO.[CH2-]CCCC.[Sc]. The summed E-state index contributed by atoms with van der Waals surface area (Å²) < 4.78 is 0. The third-order valence-corrected chi connectivity index (χ3v) is 1.31. The van der Waals surface area contributed by atoms with Crippen molar-refractivity contribution >= 4 is 0 Å². The Kier molecular flexibility index (Phi) is 27.6. The van der Waals surface area contributed by atoms with Crippen LogP contribution in [-0.2, 0) is 25.8 Å². The van der Waals surface area contributed by atoms with E-state index in [4.69, 9.17) is 5.11 Å². The molecule has 0 saturated heterocycles. The van der Waals surface area contributed by atoms with Crippen LogP contribution in [0.5, 0.6) is 0 Å². The van der Waals surface area contributed by atoms with Crippen molar-refractivity contribution in [1.29, 1.82) is 0 Å². The topological polar surface area (TPSA) is 20.2 Å². The number of aliphatic hydroxyl groups is 1.